The van der Waals surface area contributed by atoms with Crippen LogP contribution in [-0.2, 0) is 4.79 Å². The van der Waals surface area contributed by atoms with Crippen molar-refractivity contribution in [1.82, 2.24) is 5.32 Å². The molecule has 1 fully saturated rings. The second kappa shape index (κ2) is 1.88. The smallest absolute Gasteiger partial charge is 0.306 e. The van der Waals surface area contributed by atoms with Gasteiger partial charge in [-0.25, -0.2) is 0 Å². The Kier molecular flexibility index (Phi) is 1.32. The second-order valence-corrected chi connectivity index (χ2v) is 2.23. The van der Waals surface area contributed by atoms with E-state index in [0.29, 0.717) is 0 Å². The molecule has 0 aromatic heterocycles. The van der Waals surface area contributed by atoms with E-state index in [0.717, 1.165) is 12.8 Å². The molecule has 0 heterocycles. The summed E-state index contributed by atoms with van der Waals surface area (Å²) >= 11 is 0. The molecule has 0 aromatic rings. The molecule has 0 atom stereocenters. The minimum Gasteiger partial charge on any atom is -0.306 e. The highest BCUT2D eigenvalue weighted by molar-refractivity contribution is 5.89. The van der Waals surface area contributed by atoms with Crippen molar-refractivity contribution in [3.05, 3.63) is 4.91 Å². The highest BCUT2D eigenvalue weighted by Crippen LogP contribution is 2.35. The zero-order chi connectivity index (χ0) is 6.91. The summed E-state index contributed by atoms with van der Waals surface area (Å²) in [4.78, 5) is 20.3. The molecule has 1 aliphatic carbocycles. The van der Waals surface area contributed by atoms with Crippen molar-refractivity contribution in [1.29, 1.82) is 0 Å². The molecule has 0 spiro atoms. The van der Waals surface area contributed by atoms with Gasteiger partial charge in [0.25, 0.3) is 0 Å². The molecule has 0 radical (unpaired) electrons. The summed E-state index contributed by atoms with van der Waals surface area (Å²) in [6.45, 7) is 0. The van der Waals surface area contributed by atoms with Gasteiger partial charge in [0.1, 0.15) is 5.54 Å². The van der Waals surface area contributed by atoms with E-state index in [9.17, 15) is 9.70 Å². The monoisotopic (exact) mass is 128 g/mol. The first kappa shape index (κ1) is 6.35. The Balaban J connectivity index is 2.59. The molecule has 1 amide bonds. The molecule has 4 nitrogen and oxygen atoms in total. The quantitative estimate of drug-likeness (QED) is 0.534. The van der Waals surface area contributed by atoms with Crippen molar-refractivity contribution in [2.24, 2.45) is 5.18 Å². The van der Waals surface area contributed by atoms with E-state index >= 15 is 0 Å². The van der Waals surface area contributed by atoms with Gasteiger partial charge in [-0.3, -0.25) is 4.79 Å². The molecule has 0 saturated heterocycles. The van der Waals surface area contributed by atoms with Crippen LogP contribution in [0.4, 0.5) is 0 Å². The van der Waals surface area contributed by atoms with E-state index < -0.39 is 11.4 Å². The number of carbonyl (C=O) groups is 1. The third kappa shape index (κ3) is 0.853. The van der Waals surface area contributed by atoms with Crippen LogP contribution >= 0.6 is 0 Å². The number of hydrogen-bond acceptors (Lipinski definition) is 3. The van der Waals surface area contributed by atoms with Crippen molar-refractivity contribution in [3.63, 3.8) is 0 Å². The molecule has 0 aromatic carbocycles. The first-order valence-corrected chi connectivity index (χ1v) is 2.82. The lowest BCUT2D eigenvalue weighted by Gasteiger charge is -2.04. The van der Waals surface area contributed by atoms with E-state index in [-0.39, 0.29) is 0 Å². The first-order chi connectivity index (χ1) is 4.25. The average Bonchev–Trinajstić information content (AvgIpc) is 2.66. The summed E-state index contributed by atoms with van der Waals surface area (Å²) in [7, 11) is 1.66. The maximum Gasteiger partial charge on any atom is 0.306 e. The van der Waals surface area contributed by atoms with Crippen LogP contribution in [0.3, 0.4) is 0 Å². The van der Waals surface area contributed by atoms with Crippen LogP contribution in [-0.4, -0.2) is 18.5 Å². The van der Waals surface area contributed by atoms with Gasteiger partial charge in [-0.1, -0.05) is 0 Å². The zero-order valence-corrected chi connectivity index (χ0v) is 5.18. The number of nitroso groups, excluding NO2 is 1. The Morgan fingerprint density at radius 1 is 1.67 bits per heavy atom. The van der Waals surface area contributed by atoms with E-state index in [1.54, 1.807) is 7.05 Å². The molecule has 9 heavy (non-hydrogen) atoms. The van der Waals surface area contributed by atoms with Gasteiger partial charge in [0, 0.05) is 5.18 Å². The van der Waals surface area contributed by atoms with Crippen LogP contribution < -0.4 is 5.32 Å². The number of hydrogen-bond donors (Lipinski definition) is 1. The van der Waals surface area contributed by atoms with Crippen LogP contribution in [0, 0.1) is 4.91 Å². The van der Waals surface area contributed by atoms with Crippen molar-refractivity contribution >= 4 is 5.91 Å². The molecule has 1 N–H and O–H groups in total. The fourth-order valence-corrected chi connectivity index (χ4v) is 0.783. The fraction of sp³-hybridized carbons (Fsp3) is 0.800. The van der Waals surface area contributed by atoms with Crippen LogP contribution in [0.2, 0.25) is 0 Å². The van der Waals surface area contributed by atoms with Gasteiger partial charge in [-0.2, -0.15) is 0 Å². The predicted octanol–water partition coefficient (Wildman–Crippen LogP) is 0.0314. The summed E-state index contributed by atoms with van der Waals surface area (Å²) in [6.07, 6.45) is 1.49. The highest BCUT2D eigenvalue weighted by Gasteiger charge is 2.49. The highest BCUT2D eigenvalue weighted by atomic mass is 16.3. The predicted molar refractivity (Wildman–Crippen MR) is 31.8 cm³/mol. The van der Waals surface area contributed by atoms with Crippen molar-refractivity contribution < 1.29 is 4.79 Å². The van der Waals surface area contributed by atoms with E-state index in [2.05, 4.69) is 10.5 Å². The molecule has 0 aliphatic heterocycles. The average molecular weight is 128 g/mol. The van der Waals surface area contributed by atoms with Gasteiger partial charge in [-0.05, 0) is 19.9 Å². The van der Waals surface area contributed by atoms with Gasteiger partial charge in [-0.15, -0.1) is 4.91 Å². The summed E-state index contributed by atoms with van der Waals surface area (Å²) in [5, 5.41) is 5.10. The number of nitrogens with one attached hydrogen (secondary N) is 1. The molecular formula is C5H8N2O2. The standard InChI is InChI=1S/C5H8N2O2/c1-6-5(2-3-5)4(8)7-9/h6H,2-3H2,1H3. The Morgan fingerprint density at radius 3 is 2.33 bits per heavy atom. The Morgan fingerprint density at radius 2 is 2.22 bits per heavy atom. The molecule has 1 saturated carbocycles. The minimum atomic E-state index is -0.568. The largest absolute Gasteiger partial charge is 0.306 e. The van der Waals surface area contributed by atoms with Crippen molar-refractivity contribution in [2.45, 2.75) is 18.4 Å². The molecule has 4 heteroatoms. The van der Waals surface area contributed by atoms with Crippen LogP contribution in [0.1, 0.15) is 12.8 Å². The molecule has 0 unspecified atom stereocenters. The number of rotatable bonds is 2. The summed E-state index contributed by atoms with van der Waals surface area (Å²) < 4.78 is 0. The minimum absolute atomic E-state index is 0.565. The second-order valence-electron chi connectivity index (χ2n) is 2.23. The van der Waals surface area contributed by atoms with Crippen molar-refractivity contribution in [2.75, 3.05) is 7.05 Å². The SMILES string of the molecule is CNC1(C(=O)N=O)CC1. The molecular weight excluding hydrogens is 120 g/mol. The number of carbonyl (C=O) groups excluding carboxylic acids is 1. The van der Waals surface area contributed by atoms with E-state index in [1.165, 1.54) is 0 Å². The van der Waals surface area contributed by atoms with E-state index in [1.807, 2.05) is 0 Å². The maximum atomic E-state index is 10.6. The Labute approximate surface area is 52.6 Å². The first-order valence-electron chi connectivity index (χ1n) is 2.82. The molecule has 1 aliphatic rings. The molecule has 0 bridgehead atoms. The van der Waals surface area contributed by atoms with Gasteiger partial charge in [0.2, 0.25) is 0 Å². The third-order valence-electron chi connectivity index (χ3n) is 1.72. The zero-order valence-electron chi connectivity index (χ0n) is 5.18. The summed E-state index contributed by atoms with van der Waals surface area (Å²) in [5.74, 6) is -0.565. The molecule has 1 rings (SSSR count). The lowest BCUT2D eigenvalue weighted by atomic mass is 10.3. The number of likely N-dealkylation sites (N-methyl/N-ethyl adjacent to an activating group) is 1. The van der Waals surface area contributed by atoms with Crippen molar-refractivity contribution in [3.8, 4) is 0 Å². The normalized spacial score (nSPS) is 21.0. The third-order valence-corrected chi connectivity index (χ3v) is 1.72. The lowest BCUT2D eigenvalue weighted by molar-refractivity contribution is -0.120. The Hall–Kier alpha value is -0.770. The van der Waals surface area contributed by atoms with Gasteiger partial charge < -0.3 is 5.32 Å². The fourth-order valence-electron chi connectivity index (χ4n) is 0.783. The number of amides is 1. The van der Waals surface area contributed by atoms with Crippen LogP contribution in [0.15, 0.2) is 5.18 Å². The van der Waals surface area contributed by atoms with Crippen LogP contribution in [0.5, 0.6) is 0 Å². The summed E-state index contributed by atoms with van der Waals surface area (Å²) in [5.41, 5.74) is -0.568. The summed E-state index contributed by atoms with van der Waals surface area (Å²) in [6, 6.07) is 0. The lowest BCUT2D eigenvalue weighted by Crippen LogP contribution is -2.34. The van der Waals surface area contributed by atoms with E-state index in [4.69, 9.17) is 0 Å². The van der Waals surface area contributed by atoms with Gasteiger partial charge in [0.15, 0.2) is 0 Å². The Bertz CT molecular complexity index is 151. The molecule has 50 valence electrons. The van der Waals surface area contributed by atoms with Gasteiger partial charge >= 0.3 is 5.91 Å². The number of nitrogens with zero attached hydrogens (tertiary/aromatic N) is 1. The maximum absolute atomic E-state index is 10.6. The topological polar surface area (TPSA) is 58.5 Å². The van der Waals surface area contributed by atoms with Crippen LogP contribution in [0.25, 0.3) is 0 Å². The van der Waals surface area contributed by atoms with Gasteiger partial charge in [0.05, 0.1) is 0 Å².